The van der Waals surface area contributed by atoms with E-state index >= 15 is 0 Å². The van der Waals surface area contributed by atoms with Crippen molar-refractivity contribution in [2.45, 2.75) is 43.9 Å². The summed E-state index contributed by atoms with van der Waals surface area (Å²) in [6.07, 6.45) is 7.14. The fourth-order valence-electron chi connectivity index (χ4n) is 3.57. The Morgan fingerprint density at radius 3 is 2.60 bits per heavy atom. The number of hydrogen-bond donors (Lipinski definition) is 1. The highest BCUT2D eigenvalue weighted by atomic mass is 19.1. The van der Waals surface area contributed by atoms with Crippen molar-refractivity contribution >= 4 is 11.0 Å². The molecule has 1 aliphatic carbocycles. The first-order chi connectivity index (χ1) is 9.66. The zero-order chi connectivity index (χ0) is 14.2. The summed E-state index contributed by atoms with van der Waals surface area (Å²) in [6.45, 7) is 0.618. The van der Waals surface area contributed by atoms with Crippen LogP contribution < -0.4 is 5.73 Å². The van der Waals surface area contributed by atoms with Gasteiger partial charge < -0.3 is 10.3 Å². The molecule has 2 aromatic rings. The molecule has 3 rings (SSSR count). The SMILES string of the molecule is Cn1c(C2(CN)CCCCCC2)nc2cc(F)ccc21. The van der Waals surface area contributed by atoms with E-state index in [9.17, 15) is 4.39 Å². The van der Waals surface area contributed by atoms with Crippen LogP contribution in [0, 0.1) is 5.82 Å². The van der Waals surface area contributed by atoms with Crippen molar-refractivity contribution in [3.05, 3.63) is 29.8 Å². The van der Waals surface area contributed by atoms with Gasteiger partial charge in [-0.1, -0.05) is 25.7 Å². The Hall–Kier alpha value is -1.42. The molecule has 0 radical (unpaired) electrons. The Balaban J connectivity index is 2.13. The summed E-state index contributed by atoms with van der Waals surface area (Å²) < 4.78 is 15.5. The van der Waals surface area contributed by atoms with Crippen molar-refractivity contribution in [3.8, 4) is 0 Å². The van der Waals surface area contributed by atoms with Crippen molar-refractivity contribution < 1.29 is 4.39 Å². The summed E-state index contributed by atoms with van der Waals surface area (Å²) in [7, 11) is 2.02. The standard InChI is InChI=1S/C16H22FN3/c1-20-14-7-6-12(17)10-13(14)19-15(20)16(11-18)8-4-2-3-5-9-16/h6-7,10H,2-5,8-9,11,18H2,1H3. The summed E-state index contributed by atoms with van der Waals surface area (Å²) in [6, 6.07) is 4.82. The third-order valence-electron chi connectivity index (χ3n) is 4.77. The Kier molecular flexibility index (Phi) is 3.50. The normalized spacial score (nSPS) is 19.1. The predicted octanol–water partition coefficient (Wildman–Crippen LogP) is 3.26. The van der Waals surface area contributed by atoms with Gasteiger partial charge in [-0.05, 0) is 25.0 Å². The quantitative estimate of drug-likeness (QED) is 0.855. The van der Waals surface area contributed by atoms with E-state index in [-0.39, 0.29) is 11.2 Å². The fraction of sp³-hybridized carbons (Fsp3) is 0.562. The number of benzene rings is 1. The molecule has 2 N–H and O–H groups in total. The Labute approximate surface area is 119 Å². The van der Waals surface area contributed by atoms with Gasteiger partial charge in [-0.15, -0.1) is 0 Å². The highest BCUT2D eigenvalue weighted by Crippen LogP contribution is 2.38. The largest absolute Gasteiger partial charge is 0.331 e. The molecule has 1 fully saturated rings. The smallest absolute Gasteiger partial charge is 0.125 e. The van der Waals surface area contributed by atoms with Crippen LogP contribution >= 0.6 is 0 Å². The molecule has 4 heteroatoms. The van der Waals surface area contributed by atoms with Crippen LogP contribution in [0.2, 0.25) is 0 Å². The molecular formula is C16H22FN3. The average Bonchev–Trinajstić information content (AvgIpc) is 2.65. The monoisotopic (exact) mass is 275 g/mol. The number of imidazole rings is 1. The van der Waals surface area contributed by atoms with E-state index in [1.165, 1.54) is 37.8 Å². The molecule has 0 atom stereocenters. The molecule has 1 aromatic carbocycles. The number of nitrogens with two attached hydrogens (primary N) is 1. The molecule has 0 bridgehead atoms. The van der Waals surface area contributed by atoms with E-state index < -0.39 is 0 Å². The van der Waals surface area contributed by atoms with Crippen LogP contribution in [0.3, 0.4) is 0 Å². The van der Waals surface area contributed by atoms with E-state index in [0.717, 1.165) is 29.7 Å². The van der Waals surface area contributed by atoms with E-state index in [4.69, 9.17) is 10.7 Å². The maximum atomic E-state index is 13.4. The maximum Gasteiger partial charge on any atom is 0.125 e. The Bertz CT molecular complexity index is 609. The minimum absolute atomic E-state index is 0.0409. The lowest BCUT2D eigenvalue weighted by molar-refractivity contribution is 0.351. The molecule has 1 saturated carbocycles. The van der Waals surface area contributed by atoms with Gasteiger partial charge in [0.15, 0.2) is 0 Å². The zero-order valence-electron chi connectivity index (χ0n) is 12.0. The molecule has 0 saturated heterocycles. The van der Waals surface area contributed by atoms with Crippen LogP contribution in [0.25, 0.3) is 11.0 Å². The molecule has 3 nitrogen and oxygen atoms in total. The first kappa shape index (κ1) is 13.6. The number of hydrogen-bond acceptors (Lipinski definition) is 2. The van der Waals surface area contributed by atoms with Crippen LogP contribution in [0.15, 0.2) is 18.2 Å². The lowest BCUT2D eigenvalue weighted by Gasteiger charge is -2.30. The van der Waals surface area contributed by atoms with Crippen molar-refractivity contribution in [2.24, 2.45) is 12.8 Å². The lowest BCUT2D eigenvalue weighted by atomic mass is 9.79. The summed E-state index contributed by atoms with van der Waals surface area (Å²) in [5.41, 5.74) is 7.81. The van der Waals surface area contributed by atoms with E-state index in [0.29, 0.717) is 6.54 Å². The molecule has 0 aliphatic heterocycles. The molecule has 1 aromatic heterocycles. The van der Waals surface area contributed by atoms with Crippen molar-refractivity contribution in [3.63, 3.8) is 0 Å². The molecule has 1 heterocycles. The zero-order valence-corrected chi connectivity index (χ0v) is 12.0. The summed E-state index contributed by atoms with van der Waals surface area (Å²) in [4.78, 5) is 4.72. The van der Waals surface area contributed by atoms with Crippen LogP contribution in [0.5, 0.6) is 0 Å². The lowest BCUT2D eigenvalue weighted by Crippen LogP contribution is -2.37. The first-order valence-corrected chi connectivity index (χ1v) is 7.49. The molecule has 1 aliphatic rings. The van der Waals surface area contributed by atoms with Gasteiger partial charge in [0.2, 0.25) is 0 Å². The van der Waals surface area contributed by atoms with Crippen LogP contribution in [-0.2, 0) is 12.5 Å². The van der Waals surface area contributed by atoms with E-state index in [2.05, 4.69) is 4.57 Å². The number of aromatic nitrogens is 2. The predicted molar refractivity (Wildman–Crippen MR) is 79.1 cm³/mol. The number of nitrogens with zero attached hydrogens (tertiary/aromatic N) is 2. The third kappa shape index (κ3) is 2.12. The average molecular weight is 275 g/mol. The molecular weight excluding hydrogens is 253 g/mol. The molecule has 20 heavy (non-hydrogen) atoms. The van der Waals surface area contributed by atoms with Gasteiger partial charge in [0.25, 0.3) is 0 Å². The summed E-state index contributed by atoms with van der Waals surface area (Å²) in [5.74, 6) is 0.798. The van der Waals surface area contributed by atoms with Gasteiger partial charge in [-0.3, -0.25) is 0 Å². The number of aryl methyl sites for hydroxylation is 1. The fourth-order valence-corrected chi connectivity index (χ4v) is 3.57. The van der Waals surface area contributed by atoms with Crippen LogP contribution in [0.4, 0.5) is 4.39 Å². The molecule has 0 amide bonds. The first-order valence-electron chi connectivity index (χ1n) is 7.49. The second kappa shape index (κ2) is 5.17. The second-order valence-electron chi connectivity index (χ2n) is 6.03. The van der Waals surface area contributed by atoms with Crippen molar-refractivity contribution in [2.75, 3.05) is 6.54 Å². The minimum atomic E-state index is -0.232. The van der Waals surface area contributed by atoms with Gasteiger partial charge in [-0.25, -0.2) is 9.37 Å². The summed E-state index contributed by atoms with van der Waals surface area (Å²) in [5, 5.41) is 0. The highest BCUT2D eigenvalue weighted by molar-refractivity contribution is 5.76. The second-order valence-corrected chi connectivity index (χ2v) is 6.03. The van der Waals surface area contributed by atoms with Gasteiger partial charge >= 0.3 is 0 Å². The minimum Gasteiger partial charge on any atom is -0.331 e. The summed E-state index contributed by atoms with van der Waals surface area (Å²) >= 11 is 0. The number of halogens is 1. The van der Waals surface area contributed by atoms with Crippen LogP contribution in [0.1, 0.15) is 44.3 Å². The molecule has 108 valence electrons. The Morgan fingerprint density at radius 2 is 1.95 bits per heavy atom. The van der Waals surface area contributed by atoms with Gasteiger partial charge in [-0.2, -0.15) is 0 Å². The van der Waals surface area contributed by atoms with Gasteiger partial charge in [0.05, 0.1) is 11.0 Å². The molecule has 0 unspecified atom stereocenters. The number of rotatable bonds is 2. The van der Waals surface area contributed by atoms with E-state index in [1.807, 2.05) is 13.1 Å². The topological polar surface area (TPSA) is 43.8 Å². The van der Waals surface area contributed by atoms with Crippen molar-refractivity contribution in [1.29, 1.82) is 0 Å². The molecule has 0 spiro atoms. The third-order valence-corrected chi connectivity index (χ3v) is 4.77. The van der Waals surface area contributed by atoms with Gasteiger partial charge in [0.1, 0.15) is 11.6 Å². The van der Waals surface area contributed by atoms with Crippen molar-refractivity contribution in [1.82, 2.24) is 9.55 Å². The van der Waals surface area contributed by atoms with Gasteiger partial charge in [0, 0.05) is 25.1 Å². The van der Waals surface area contributed by atoms with E-state index in [1.54, 1.807) is 0 Å². The van der Waals surface area contributed by atoms with Crippen LogP contribution in [-0.4, -0.2) is 16.1 Å². The maximum absolute atomic E-state index is 13.4. The highest BCUT2D eigenvalue weighted by Gasteiger charge is 2.35. The number of fused-ring (bicyclic) bond motifs is 1. The Morgan fingerprint density at radius 1 is 1.25 bits per heavy atom.